The Labute approximate surface area is 80.2 Å². The third-order valence-electron chi connectivity index (χ3n) is 1.58. The van der Waals surface area contributed by atoms with Crippen molar-refractivity contribution in [1.82, 2.24) is 4.57 Å². The summed E-state index contributed by atoms with van der Waals surface area (Å²) < 4.78 is 5.37. The lowest BCUT2D eigenvalue weighted by Gasteiger charge is -1.97. The van der Waals surface area contributed by atoms with E-state index in [2.05, 4.69) is 4.74 Å². The lowest BCUT2D eigenvalue weighted by atomic mass is 10.4. The van der Waals surface area contributed by atoms with Crippen molar-refractivity contribution < 1.29 is 19.4 Å². The van der Waals surface area contributed by atoms with Crippen molar-refractivity contribution in [2.75, 3.05) is 7.11 Å². The van der Waals surface area contributed by atoms with E-state index < -0.39 is 12.1 Å². The molecule has 0 aliphatic heterocycles. The van der Waals surface area contributed by atoms with Crippen LogP contribution < -0.4 is 0 Å². The van der Waals surface area contributed by atoms with Gasteiger partial charge >= 0.3 is 12.1 Å². The fourth-order valence-corrected chi connectivity index (χ4v) is 0.926. The van der Waals surface area contributed by atoms with Gasteiger partial charge in [-0.05, 0) is 18.2 Å². The van der Waals surface area contributed by atoms with Gasteiger partial charge in [0.2, 0.25) is 0 Å². The number of hydrogen-bond donors (Lipinski definition) is 1. The van der Waals surface area contributed by atoms with E-state index in [1.807, 2.05) is 0 Å². The van der Waals surface area contributed by atoms with Gasteiger partial charge in [0.25, 0.3) is 0 Å². The first-order chi connectivity index (χ1) is 6.65. The van der Waals surface area contributed by atoms with E-state index in [9.17, 15) is 9.59 Å². The summed E-state index contributed by atoms with van der Waals surface area (Å²) in [7, 11) is 1.25. The number of aromatic nitrogens is 1. The maximum Gasteiger partial charge on any atom is 0.415 e. The quantitative estimate of drug-likeness (QED) is 0.568. The van der Waals surface area contributed by atoms with Crippen molar-refractivity contribution in [3.05, 3.63) is 30.1 Å². The number of carbonyl (C=O) groups excluding carboxylic acids is 1. The molecule has 5 heteroatoms. The van der Waals surface area contributed by atoms with E-state index in [-0.39, 0.29) is 0 Å². The predicted octanol–water partition coefficient (Wildman–Crippen LogP) is 1.20. The molecule has 0 fully saturated rings. The highest BCUT2D eigenvalue weighted by Crippen LogP contribution is 2.04. The number of esters is 1. The summed E-state index contributed by atoms with van der Waals surface area (Å²) in [5.74, 6) is -0.525. The molecule has 1 aromatic rings. The Morgan fingerprint density at radius 2 is 2.29 bits per heavy atom. The van der Waals surface area contributed by atoms with Crippen LogP contribution in [0.3, 0.4) is 0 Å². The maximum atomic E-state index is 10.7. The van der Waals surface area contributed by atoms with Gasteiger partial charge in [-0.15, -0.1) is 0 Å². The summed E-state index contributed by atoms with van der Waals surface area (Å²) >= 11 is 0. The van der Waals surface area contributed by atoms with Crippen molar-refractivity contribution in [3.8, 4) is 0 Å². The molecular weight excluding hydrogens is 186 g/mol. The van der Waals surface area contributed by atoms with E-state index in [4.69, 9.17) is 5.11 Å². The van der Waals surface area contributed by atoms with Gasteiger partial charge in [-0.25, -0.2) is 9.59 Å². The first-order valence-electron chi connectivity index (χ1n) is 3.82. The molecule has 0 aliphatic carbocycles. The van der Waals surface area contributed by atoms with Crippen molar-refractivity contribution in [1.29, 1.82) is 0 Å². The lowest BCUT2D eigenvalue weighted by Crippen LogP contribution is -2.07. The Morgan fingerprint density at radius 3 is 2.86 bits per heavy atom. The van der Waals surface area contributed by atoms with Gasteiger partial charge < -0.3 is 9.84 Å². The number of nitrogens with zero attached hydrogens (tertiary/aromatic N) is 1. The largest absolute Gasteiger partial charge is 0.466 e. The molecule has 0 spiro atoms. The van der Waals surface area contributed by atoms with Crippen LogP contribution in [-0.2, 0) is 9.53 Å². The molecule has 74 valence electrons. The molecule has 0 saturated carbocycles. The van der Waals surface area contributed by atoms with Gasteiger partial charge in [-0.1, -0.05) is 0 Å². The number of hydrogen-bond acceptors (Lipinski definition) is 3. The normalized spacial score (nSPS) is 10.4. The molecule has 0 aromatic carbocycles. The highest BCUT2D eigenvalue weighted by atomic mass is 16.5. The fourth-order valence-electron chi connectivity index (χ4n) is 0.926. The molecular formula is C9H9NO4. The van der Waals surface area contributed by atoms with E-state index in [1.165, 1.54) is 19.4 Å². The Bertz CT molecular complexity index is 378. The van der Waals surface area contributed by atoms with Gasteiger partial charge in [0.05, 0.1) is 12.8 Å². The predicted molar refractivity (Wildman–Crippen MR) is 48.9 cm³/mol. The van der Waals surface area contributed by atoms with E-state index in [0.29, 0.717) is 5.69 Å². The number of methoxy groups -OCH3 is 1. The molecule has 0 amide bonds. The average Bonchev–Trinajstić information content (AvgIpc) is 2.62. The standard InChI is InChI=1S/C9H9NO4/c1-14-8(11)5-4-7-3-2-6-10(7)9(12)13/h2-6H,1H3,(H,12,13)/b5-4+. The molecule has 5 nitrogen and oxygen atoms in total. The van der Waals surface area contributed by atoms with E-state index in [0.717, 1.165) is 10.6 Å². The second kappa shape index (κ2) is 4.27. The van der Waals surface area contributed by atoms with Crippen LogP contribution in [0.5, 0.6) is 0 Å². The minimum Gasteiger partial charge on any atom is -0.466 e. The summed E-state index contributed by atoms with van der Waals surface area (Å²) in [5.41, 5.74) is 0.405. The smallest absolute Gasteiger partial charge is 0.415 e. The highest BCUT2D eigenvalue weighted by Gasteiger charge is 2.03. The van der Waals surface area contributed by atoms with Crippen molar-refractivity contribution in [2.24, 2.45) is 0 Å². The molecule has 0 saturated heterocycles. The molecule has 1 heterocycles. The van der Waals surface area contributed by atoms with Crippen molar-refractivity contribution in [3.63, 3.8) is 0 Å². The lowest BCUT2D eigenvalue weighted by molar-refractivity contribution is -0.134. The van der Waals surface area contributed by atoms with Crippen LogP contribution in [0.4, 0.5) is 4.79 Å². The molecule has 14 heavy (non-hydrogen) atoms. The first kappa shape index (κ1) is 10.0. The molecule has 1 rings (SSSR count). The summed E-state index contributed by atoms with van der Waals surface area (Å²) in [6, 6.07) is 3.15. The minimum absolute atomic E-state index is 0.405. The second-order valence-electron chi connectivity index (χ2n) is 2.44. The van der Waals surface area contributed by atoms with Crippen LogP contribution in [0.25, 0.3) is 6.08 Å². The Balaban J connectivity index is 2.86. The Kier molecular flexibility index (Phi) is 3.06. The second-order valence-corrected chi connectivity index (χ2v) is 2.44. The Morgan fingerprint density at radius 1 is 1.57 bits per heavy atom. The highest BCUT2D eigenvalue weighted by molar-refractivity contribution is 5.87. The van der Waals surface area contributed by atoms with Crippen LogP contribution >= 0.6 is 0 Å². The van der Waals surface area contributed by atoms with Crippen LogP contribution in [0.2, 0.25) is 0 Å². The van der Waals surface area contributed by atoms with Crippen LogP contribution in [-0.4, -0.2) is 28.8 Å². The zero-order valence-electron chi connectivity index (χ0n) is 7.51. The third kappa shape index (κ3) is 2.22. The number of carboxylic acid groups (broad SMARTS) is 1. The van der Waals surface area contributed by atoms with Crippen LogP contribution in [0.1, 0.15) is 5.69 Å². The minimum atomic E-state index is -1.10. The molecule has 0 radical (unpaired) electrons. The van der Waals surface area contributed by atoms with Crippen LogP contribution in [0, 0.1) is 0 Å². The molecule has 1 N–H and O–H groups in total. The average molecular weight is 195 g/mol. The SMILES string of the molecule is COC(=O)/C=C/c1cccn1C(=O)O. The number of carbonyl (C=O) groups is 2. The van der Waals surface area contributed by atoms with Gasteiger partial charge in [0, 0.05) is 12.3 Å². The summed E-state index contributed by atoms with van der Waals surface area (Å²) in [6.45, 7) is 0. The summed E-state index contributed by atoms with van der Waals surface area (Å²) in [4.78, 5) is 21.3. The zero-order chi connectivity index (χ0) is 10.6. The number of rotatable bonds is 2. The first-order valence-corrected chi connectivity index (χ1v) is 3.82. The van der Waals surface area contributed by atoms with Crippen molar-refractivity contribution >= 4 is 18.1 Å². The molecule has 0 aliphatic rings. The monoisotopic (exact) mass is 195 g/mol. The topological polar surface area (TPSA) is 68.5 Å². The molecule has 0 unspecified atom stereocenters. The van der Waals surface area contributed by atoms with Gasteiger partial charge in [-0.2, -0.15) is 0 Å². The van der Waals surface area contributed by atoms with E-state index in [1.54, 1.807) is 12.1 Å². The van der Waals surface area contributed by atoms with Gasteiger partial charge in [-0.3, -0.25) is 4.57 Å². The molecule has 0 bridgehead atoms. The van der Waals surface area contributed by atoms with Crippen molar-refractivity contribution in [2.45, 2.75) is 0 Å². The number of ether oxygens (including phenoxy) is 1. The summed E-state index contributed by atoms with van der Waals surface area (Å²) in [5, 5.41) is 8.69. The fraction of sp³-hybridized carbons (Fsp3) is 0.111. The molecule has 0 atom stereocenters. The van der Waals surface area contributed by atoms with E-state index >= 15 is 0 Å². The summed E-state index contributed by atoms with van der Waals surface area (Å²) in [6.07, 6.45) is 2.83. The Hall–Kier alpha value is -2.04. The third-order valence-corrected chi connectivity index (χ3v) is 1.58. The van der Waals surface area contributed by atoms with Gasteiger partial charge in [0.1, 0.15) is 0 Å². The maximum absolute atomic E-state index is 10.7. The van der Waals surface area contributed by atoms with Gasteiger partial charge in [0.15, 0.2) is 0 Å². The van der Waals surface area contributed by atoms with Crippen LogP contribution in [0.15, 0.2) is 24.4 Å². The zero-order valence-corrected chi connectivity index (χ0v) is 7.51. The molecule has 1 aromatic heterocycles.